The minimum absolute atomic E-state index is 0.341. The van der Waals surface area contributed by atoms with Gasteiger partial charge in [-0.1, -0.05) is 19.9 Å². The van der Waals surface area contributed by atoms with Gasteiger partial charge in [0.1, 0.15) is 0 Å². The van der Waals surface area contributed by atoms with E-state index in [0.717, 1.165) is 11.1 Å². The molecule has 0 fully saturated rings. The highest BCUT2D eigenvalue weighted by atomic mass is 16.5. The van der Waals surface area contributed by atoms with Crippen LogP contribution in [0.4, 0.5) is 0 Å². The van der Waals surface area contributed by atoms with Crippen molar-refractivity contribution in [2.75, 3.05) is 14.2 Å². The van der Waals surface area contributed by atoms with Crippen molar-refractivity contribution in [1.29, 1.82) is 5.26 Å². The maximum absolute atomic E-state index is 8.86. The molecule has 0 aliphatic heterocycles. The van der Waals surface area contributed by atoms with Crippen molar-refractivity contribution in [3.63, 3.8) is 0 Å². The van der Waals surface area contributed by atoms with E-state index in [2.05, 4.69) is 19.9 Å². The van der Waals surface area contributed by atoms with Gasteiger partial charge in [-0.15, -0.1) is 0 Å². The van der Waals surface area contributed by atoms with Crippen molar-refractivity contribution >= 4 is 0 Å². The monoisotopic (exact) mass is 219 g/mol. The van der Waals surface area contributed by atoms with Crippen LogP contribution in [0, 0.1) is 11.3 Å². The number of ether oxygens (including phenoxy) is 2. The number of hydrogen-bond acceptors (Lipinski definition) is 3. The Morgan fingerprint density at radius 2 is 1.94 bits per heavy atom. The second-order valence-corrected chi connectivity index (χ2v) is 3.86. The molecule has 0 unspecified atom stereocenters. The summed E-state index contributed by atoms with van der Waals surface area (Å²) in [5.74, 6) is 1.72. The zero-order valence-corrected chi connectivity index (χ0v) is 10.2. The molecule has 0 N–H and O–H groups in total. The molecule has 0 aliphatic rings. The molecule has 0 bridgehead atoms. The molecule has 1 aromatic rings. The molecule has 0 aliphatic carbocycles. The summed E-state index contributed by atoms with van der Waals surface area (Å²) in [7, 11) is 3.20. The normalized spacial score (nSPS) is 10.0. The molecule has 1 rings (SSSR count). The van der Waals surface area contributed by atoms with Crippen molar-refractivity contribution in [2.45, 2.75) is 26.2 Å². The number of hydrogen-bond donors (Lipinski definition) is 0. The summed E-state index contributed by atoms with van der Waals surface area (Å²) in [6.07, 6.45) is 0.341. The van der Waals surface area contributed by atoms with E-state index in [1.165, 1.54) is 0 Å². The molecule has 0 saturated heterocycles. The maximum atomic E-state index is 8.86. The first-order chi connectivity index (χ1) is 7.65. The minimum atomic E-state index is 0.341. The predicted molar refractivity (Wildman–Crippen MR) is 63.0 cm³/mol. The Morgan fingerprint density at radius 3 is 2.38 bits per heavy atom. The third-order valence-corrected chi connectivity index (χ3v) is 2.56. The average Bonchev–Trinajstić information content (AvgIpc) is 2.28. The Morgan fingerprint density at radius 1 is 1.25 bits per heavy atom. The van der Waals surface area contributed by atoms with Gasteiger partial charge in [-0.25, -0.2) is 0 Å². The van der Waals surface area contributed by atoms with Gasteiger partial charge in [0.2, 0.25) is 0 Å². The summed E-state index contributed by atoms with van der Waals surface area (Å²) in [5.41, 5.74) is 2.07. The Bertz CT molecular complexity index is 405. The summed E-state index contributed by atoms with van der Waals surface area (Å²) in [6, 6.07) is 6.05. The maximum Gasteiger partial charge on any atom is 0.165 e. The predicted octanol–water partition coefficient (Wildman–Crippen LogP) is 2.89. The lowest BCUT2D eigenvalue weighted by atomic mass is 9.94. The Hall–Kier alpha value is -1.69. The molecule has 0 spiro atoms. The Balaban J connectivity index is 3.38. The van der Waals surface area contributed by atoms with Crippen LogP contribution in [0.3, 0.4) is 0 Å². The first-order valence-corrected chi connectivity index (χ1v) is 5.26. The van der Waals surface area contributed by atoms with Crippen LogP contribution in [0.5, 0.6) is 11.5 Å². The molecule has 0 atom stereocenters. The van der Waals surface area contributed by atoms with Gasteiger partial charge in [0, 0.05) is 5.56 Å². The van der Waals surface area contributed by atoms with Crippen molar-refractivity contribution in [3.05, 3.63) is 23.3 Å². The summed E-state index contributed by atoms with van der Waals surface area (Å²) >= 11 is 0. The standard InChI is InChI=1S/C13H17NO2/c1-9(2)10-5-6-12(15-3)13(16-4)11(10)7-8-14/h5-6,9H,7H2,1-4H3. The number of nitriles is 1. The van der Waals surface area contributed by atoms with E-state index in [-0.39, 0.29) is 0 Å². The largest absolute Gasteiger partial charge is 0.493 e. The van der Waals surface area contributed by atoms with Crippen LogP contribution < -0.4 is 9.47 Å². The molecule has 0 heterocycles. The van der Waals surface area contributed by atoms with Crippen molar-refractivity contribution in [2.24, 2.45) is 0 Å². The number of nitrogens with zero attached hydrogens (tertiary/aromatic N) is 1. The second kappa shape index (κ2) is 5.41. The third-order valence-electron chi connectivity index (χ3n) is 2.56. The smallest absolute Gasteiger partial charge is 0.165 e. The van der Waals surface area contributed by atoms with Crippen molar-refractivity contribution in [3.8, 4) is 17.6 Å². The van der Waals surface area contributed by atoms with E-state index in [1.54, 1.807) is 14.2 Å². The lowest BCUT2D eigenvalue weighted by molar-refractivity contribution is 0.351. The summed E-state index contributed by atoms with van der Waals surface area (Å²) < 4.78 is 10.6. The summed E-state index contributed by atoms with van der Waals surface area (Å²) in [4.78, 5) is 0. The van der Waals surface area contributed by atoms with Gasteiger partial charge in [0.15, 0.2) is 11.5 Å². The molecule has 3 nitrogen and oxygen atoms in total. The van der Waals surface area contributed by atoms with Crippen molar-refractivity contribution < 1.29 is 9.47 Å². The van der Waals surface area contributed by atoms with Crippen LogP contribution in [-0.4, -0.2) is 14.2 Å². The molecular formula is C13H17NO2. The van der Waals surface area contributed by atoms with Crippen LogP contribution >= 0.6 is 0 Å². The SMILES string of the molecule is COc1ccc(C(C)C)c(CC#N)c1OC. The van der Waals surface area contributed by atoms with Gasteiger partial charge in [0.25, 0.3) is 0 Å². The van der Waals surface area contributed by atoms with E-state index >= 15 is 0 Å². The fraction of sp³-hybridized carbons (Fsp3) is 0.462. The lowest BCUT2D eigenvalue weighted by Gasteiger charge is -2.17. The van der Waals surface area contributed by atoms with Crippen LogP contribution in [0.1, 0.15) is 30.9 Å². The molecule has 3 heteroatoms. The average molecular weight is 219 g/mol. The number of benzene rings is 1. The molecule has 0 amide bonds. The van der Waals surface area contributed by atoms with Gasteiger partial charge in [-0.2, -0.15) is 5.26 Å². The van der Waals surface area contributed by atoms with Gasteiger partial charge < -0.3 is 9.47 Å². The van der Waals surface area contributed by atoms with Crippen molar-refractivity contribution in [1.82, 2.24) is 0 Å². The quantitative estimate of drug-likeness (QED) is 0.782. The van der Waals surface area contributed by atoms with E-state index in [4.69, 9.17) is 14.7 Å². The zero-order valence-electron chi connectivity index (χ0n) is 10.2. The molecule has 0 saturated carbocycles. The highest BCUT2D eigenvalue weighted by Crippen LogP contribution is 2.36. The molecule has 86 valence electrons. The highest BCUT2D eigenvalue weighted by molar-refractivity contribution is 5.52. The number of methoxy groups -OCH3 is 2. The van der Waals surface area contributed by atoms with Crippen LogP contribution in [0.15, 0.2) is 12.1 Å². The van der Waals surface area contributed by atoms with E-state index in [9.17, 15) is 0 Å². The van der Waals surface area contributed by atoms with Gasteiger partial charge in [-0.05, 0) is 17.5 Å². The molecular weight excluding hydrogens is 202 g/mol. The van der Waals surface area contributed by atoms with E-state index < -0.39 is 0 Å². The second-order valence-electron chi connectivity index (χ2n) is 3.86. The summed E-state index contributed by atoms with van der Waals surface area (Å²) in [5, 5.41) is 8.86. The topological polar surface area (TPSA) is 42.2 Å². The Kier molecular flexibility index (Phi) is 4.19. The van der Waals surface area contributed by atoms with E-state index in [1.807, 2.05) is 12.1 Å². The summed E-state index contributed by atoms with van der Waals surface area (Å²) in [6.45, 7) is 4.20. The first-order valence-electron chi connectivity index (χ1n) is 5.26. The zero-order chi connectivity index (χ0) is 12.1. The molecule has 1 aromatic carbocycles. The molecule has 0 aromatic heterocycles. The van der Waals surface area contributed by atoms with E-state index in [0.29, 0.717) is 23.8 Å². The first kappa shape index (κ1) is 12.4. The Labute approximate surface area is 96.6 Å². The highest BCUT2D eigenvalue weighted by Gasteiger charge is 2.16. The van der Waals surface area contributed by atoms with Gasteiger partial charge >= 0.3 is 0 Å². The lowest BCUT2D eigenvalue weighted by Crippen LogP contribution is -2.01. The van der Waals surface area contributed by atoms with Gasteiger partial charge in [0.05, 0.1) is 26.7 Å². The van der Waals surface area contributed by atoms with Gasteiger partial charge in [-0.3, -0.25) is 0 Å². The molecule has 0 radical (unpaired) electrons. The number of rotatable bonds is 4. The fourth-order valence-corrected chi connectivity index (χ4v) is 1.81. The molecule has 16 heavy (non-hydrogen) atoms. The third kappa shape index (κ3) is 2.27. The van der Waals surface area contributed by atoms with Crippen LogP contribution in [0.2, 0.25) is 0 Å². The fourth-order valence-electron chi connectivity index (χ4n) is 1.81. The van der Waals surface area contributed by atoms with Crippen LogP contribution in [0.25, 0.3) is 0 Å². The minimum Gasteiger partial charge on any atom is -0.493 e. The van der Waals surface area contributed by atoms with Crippen LogP contribution in [-0.2, 0) is 6.42 Å².